The van der Waals surface area contributed by atoms with E-state index in [1.54, 1.807) is 18.4 Å². The molecule has 0 aliphatic heterocycles. The zero-order valence-corrected chi connectivity index (χ0v) is 20.5. The third kappa shape index (κ3) is 4.73. The fourth-order valence-corrected chi connectivity index (χ4v) is 3.77. The van der Waals surface area contributed by atoms with E-state index >= 15 is 0 Å². The van der Waals surface area contributed by atoms with Crippen molar-refractivity contribution in [3.05, 3.63) is 93.2 Å². The van der Waals surface area contributed by atoms with Gasteiger partial charge in [-0.15, -0.1) is 0 Å². The second-order valence-electron chi connectivity index (χ2n) is 8.75. The molecule has 4 rings (SSSR count). The van der Waals surface area contributed by atoms with E-state index in [1.165, 1.54) is 0 Å². The molecule has 174 valence electrons. The molecular formula is C27H29N5O2. The van der Waals surface area contributed by atoms with Gasteiger partial charge in [0, 0.05) is 23.4 Å². The molecule has 0 radical (unpaired) electrons. The average Bonchev–Trinajstić information content (AvgIpc) is 2.81. The molecule has 3 aromatic heterocycles. The first-order valence-corrected chi connectivity index (χ1v) is 11.3. The van der Waals surface area contributed by atoms with E-state index in [4.69, 9.17) is 9.72 Å². The lowest BCUT2D eigenvalue weighted by Gasteiger charge is -2.15. The van der Waals surface area contributed by atoms with Crippen LogP contribution < -0.4 is 10.3 Å². The number of benzene rings is 1. The van der Waals surface area contributed by atoms with Crippen molar-refractivity contribution < 1.29 is 4.74 Å². The van der Waals surface area contributed by atoms with E-state index in [-0.39, 0.29) is 18.1 Å². The molecule has 0 aliphatic carbocycles. The first-order chi connectivity index (χ1) is 16.2. The van der Waals surface area contributed by atoms with Crippen molar-refractivity contribution in [2.75, 3.05) is 0 Å². The Morgan fingerprint density at radius 2 is 1.74 bits per heavy atom. The van der Waals surface area contributed by atoms with Crippen molar-refractivity contribution in [2.24, 2.45) is 0 Å². The number of ether oxygens (including phenoxy) is 1. The molecule has 4 aromatic rings. The number of pyridine rings is 1. The zero-order chi connectivity index (χ0) is 24.4. The summed E-state index contributed by atoms with van der Waals surface area (Å²) in [6.45, 7) is 11.8. The standard InChI is InChI=1S/C27H29N5O2/c1-16(2)25-28-14-17(3)24(31-25)21-10-8-12-23(13-21)32-20(6)30-26(19(5)27(32)33)34-15-22-11-7-9-18(4)29-22/h7-14,16H,15H2,1-6H3. The Balaban J connectivity index is 1.70. The maximum Gasteiger partial charge on any atom is 0.264 e. The lowest BCUT2D eigenvalue weighted by Crippen LogP contribution is -2.25. The average molecular weight is 456 g/mol. The van der Waals surface area contributed by atoms with Crippen LogP contribution in [-0.4, -0.2) is 24.5 Å². The van der Waals surface area contributed by atoms with Crippen molar-refractivity contribution in [1.82, 2.24) is 24.5 Å². The minimum Gasteiger partial charge on any atom is -0.471 e. The van der Waals surface area contributed by atoms with Crippen LogP contribution in [0.15, 0.2) is 53.5 Å². The third-order valence-electron chi connectivity index (χ3n) is 5.62. The van der Waals surface area contributed by atoms with Crippen LogP contribution in [0.5, 0.6) is 5.88 Å². The normalized spacial score (nSPS) is 11.1. The molecule has 0 atom stereocenters. The Morgan fingerprint density at radius 3 is 2.47 bits per heavy atom. The topological polar surface area (TPSA) is 82.8 Å². The minimum absolute atomic E-state index is 0.167. The summed E-state index contributed by atoms with van der Waals surface area (Å²) in [5.74, 6) is 1.89. The van der Waals surface area contributed by atoms with Gasteiger partial charge in [-0.25, -0.2) is 9.97 Å². The highest BCUT2D eigenvalue weighted by Crippen LogP contribution is 2.25. The van der Waals surface area contributed by atoms with Crippen molar-refractivity contribution in [2.45, 2.75) is 54.1 Å². The first kappa shape index (κ1) is 23.3. The number of aryl methyl sites for hydroxylation is 3. The molecule has 0 N–H and O–H groups in total. The number of hydrogen-bond acceptors (Lipinski definition) is 6. The second kappa shape index (κ2) is 9.55. The van der Waals surface area contributed by atoms with Gasteiger partial charge < -0.3 is 4.74 Å². The highest BCUT2D eigenvalue weighted by Gasteiger charge is 2.16. The fraction of sp³-hybridized carbons (Fsp3) is 0.296. The molecule has 3 heterocycles. The number of rotatable bonds is 6. The second-order valence-corrected chi connectivity index (χ2v) is 8.75. The molecule has 0 saturated carbocycles. The molecule has 0 unspecified atom stereocenters. The summed E-state index contributed by atoms with van der Waals surface area (Å²) < 4.78 is 7.48. The maximum atomic E-state index is 13.3. The van der Waals surface area contributed by atoms with Crippen LogP contribution >= 0.6 is 0 Å². The largest absolute Gasteiger partial charge is 0.471 e. The van der Waals surface area contributed by atoms with Crippen LogP contribution in [0.2, 0.25) is 0 Å². The van der Waals surface area contributed by atoms with Crippen molar-refractivity contribution in [1.29, 1.82) is 0 Å². The fourth-order valence-electron chi connectivity index (χ4n) is 3.77. The molecule has 34 heavy (non-hydrogen) atoms. The van der Waals surface area contributed by atoms with Crippen molar-refractivity contribution in [3.63, 3.8) is 0 Å². The molecule has 0 saturated heterocycles. The molecule has 7 nitrogen and oxygen atoms in total. The van der Waals surface area contributed by atoms with Gasteiger partial charge in [0.05, 0.1) is 22.6 Å². The molecule has 7 heteroatoms. The van der Waals surface area contributed by atoms with Gasteiger partial charge in [0.1, 0.15) is 18.3 Å². The highest BCUT2D eigenvalue weighted by atomic mass is 16.5. The van der Waals surface area contributed by atoms with Gasteiger partial charge in [-0.3, -0.25) is 14.3 Å². The van der Waals surface area contributed by atoms with Crippen LogP contribution in [0.3, 0.4) is 0 Å². The summed E-state index contributed by atoms with van der Waals surface area (Å²) >= 11 is 0. The molecule has 0 aliphatic rings. The van der Waals surface area contributed by atoms with E-state index in [0.29, 0.717) is 17.3 Å². The zero-order valence-electron chi connectivity index (χ0n) is 20.5. The van der Waals surface area contributed by atoms with E-state index < -0.39 is 0 Å². The summed E-state index contributed by atoms with van der Waals surface area (Å²) in [5, 5.41) is 0. The van der Waals surface area contributed by atoms with Crippen LogP contribution in [0.1, 0.15) is 53.9 Å². The summed E-state index contributed by atoms with van der Waals surface area (Å²) in [4.78, 5) is 31.6. The number of nitrogens with zero attached hydrogens (tertiary/aromatic N) is 5. The van der Waals surface area contributed by atoms with Crippen LogP contribution in [0, 0.1) is 27.7 Å². The van der Waals surface area contributed by atoms with Crippen LogP contribution in [0.4, 0.5) is 0 Å². The molecular weight excluding hydrogens is 426 g/mol. The Hall–Kier alpha value is -3.87. The van der Waals surface area contributed by atoms with Crippen molar-refractivity contribution >= 4 is 0 Å². The van der Waals surface area contributed by atoms with Gasteiger partial charge in [0.15, 0.2) is 0 Å². The molecule has 0 fully saturated rings. The summed E-state index contributed by atoms with van der Waals surface area (Å²) in [7, 11) is 0. The SMILES string of the molecule is Cc1cccc(COc2nc(C)n(-c3cccc(-c4nc(C(C)C)ncc4C)c3)c(=O)c2C)n1. The van der Waals surface area contributed by atoms with E-state index in [9.17, 15) is 4.79 Å². The lowest BCUT2D eigenvalue weighted by atomic mass is 10.1. The maximum absolute atomic E-state index is 13.3. The Labute approximate surface area is 199 Å². The van der Waals surface area contributed by atoms with Gasteiger partial charge in [-0.1, -0.05) is 32.0 Å². The monoisotopic (exact) mass is 455 g/mol. The Kier molecular flexibility index (Phi) is 6.54. The smallest absolute Gasteiger partial charge is 0.264 e. The predicted molar refractivity (Wildman–Crippen MR) is 132 cm³/mol. The number of hydrogen-bond donors (Lipinski definition) is 0. The van der Waals surface area contributed by atoms with E-state index in [2.05, 4.69) is 28.8 Å². The Morgan fingerprint density at radius 1 is 0.971 bits per heavy atom. The van der Waals surface area contributed by atoms with Gasteiger partial charge in [-0.2, -0.15) is 4.98 Å². The molecule has 1 aromatic carbocycles. The van der Waals surface area contributed by atoms with E-state index in [0.717, 1.165) is 39.7 Å². The van der Waals surface area contributed by atoms with Crippen LogP contribution in [-0.2, 0) is 6.61 Å². The molecule has 0 bridgehead atoms. The quantitative estimate of drug-likeness (QED) is 0.406. The minimum atomic E-state index is -0.167. The first-order valence-electron chi connectivity index (χ1n) is 11.3. The van der Waals surface area contributed by atoms with Gasteiger partial charge in [0.25, 0.3) is 5.56 Å². The predicted octanol–water partition coefficient (Wildman–Crippen LogP) is 5.02. The number of aromatic nitrogens is 5. The van der Waals surface area contributed by atoms with Crippen LogP contribution in [0.25, 0.3) is 16.9 Å². The summed E-state index contributed by atoms with van der Waals surface area (Å²) in [6.07, 6.45) is 1.85. The summed E-state index contributed by atoms with van der Waals surface area (Å²) in [5.41, 5.74) is 5.48. The molecule has 0 spiro atoms. The lowest BCUT2D eigenvalue weighted by molar-refractivity contribution is 0.284. The van der Waals surface area contributed by atoms with Gasteiger partial charge in [0.2, 0.25) is 5.88 Å². The van der Waals surface area contributed by atoms with Crippen molar-refractivity contribution in [3.8, 4) is 22.8 Å². The third-order valence-corrected chi connectivity index (χ3v) is 5.62. The summed E-state index contributed by atoms with van der Waals surface area (Å²) in [6, 6.07) is 13.5. The Bertz CT molecular complexity index is 1410. The van der Waals surface area contributed by atoms with Gasteiger partial charge in [-0.05, 0) is 57.5 Å². The molecule has 0 amide bonds. The highest BCUT2D eigenvalue weighted by molar-refractivity contribution is 5.65. The van der Waals surface area contributed by atoms with Gasteiger partial charge >= 0.3 is 0 Å². The van der Waals surface area contributed by atoms with E-state index in [1.807, 2.05) is 62.5 Å².